The van der Waals surface area contributed by atoms with Gasteiger partial charge in [0.1, 0.15) is 11.8 Å². The van der Waals surface area contributed by atoms with E-state index in [0.717, 1.165) is 41.3 Å². The Hall–Kier alpha value is -3.38. The van der Waals surface area contributed by atoms with Crippen molar-refractivity contribution >= 4 is 23.4 Å². The van der Waals surface area contributed by atoms with E-state index in [1.807, 2.05) is 19.3 Å². The van der Waals surface area contributed by atoms with E-state index in [9.17, 15) is 10.1 Å². The van der Waals surface area contributed by atoms with Crippen LogP contribution in [0.4, 0.5) is 10.5 Å². The summed E-state index contributed by atoms with van der Waals surface area (Å²) in [6.45, 7) is 3.66. The van der Waals surface area contributed by atoms with Gasteiger partial charge in [-0.3, -0.25) is 9.67 Å². The fraction of sp³-hybridized carbons (Fsp3) is 0.429. The van der Waals surface area contributed by atoms with Gasteiger partial charge in [0.15, 0.2) is 6.10 Å². The molecular formula is C21H22N6O3. The highest BCUT2D eigenvalue weighted by atomic mass is 16.6. The normalized spacial score (nSPS) is 18.5. The highest BCUT2D eigenvalue weighted by Crippen LogP contribution is 2.36. The summed E-state index contributed by atoms with van der Waals surface area (Å²) in [7, 11) is 1.82. The third-order valence-corrected chi connectivity index (χ3v) is 5.73. The zero-order chi connectivity index (χ0) is 20.7. The third-order valence-electron chi connectivity index (χ3n) is 5.73. The molecule has 1 aliphatic carbocycles. The number of piperazine rings is 1. The van der Waals surface area contributed by atoms with E-state index in [4.69, 9.17) is 9.47 Å². The summed E-state index contributed by atoms with van der Waals surface area (Å²) >= 11 is 0. The molecular weight excluding hydrogens is 384 g/mol. The predicted molar refractivity (Wildman–Crippen MR) is 109 cm³/mol. The number of aryl methyl sites for hydroxylation is 1. The van der Waals surface area contributed by atoms with Crippen LogP contribution in [0, 0.1) is 11.3 Å². The number of carbonyl (C=O) groups excluding carboxylic acids is 1. The highest BCUT2D eigenvalue weighted by molar-refractivity contribution is 5.92. The van der Waals surface area contributed by atoms with Crippen molar-refractivity contribution < 1.29 is 14.3 Å². The molecule has 0 N–H and O–H groups in total. The number of allylic oxidation sites excluding steroid dienone is 1. The molecule has 4 heterocycles. The summed E-state index contributed by atoms with van der Waals surface area (Å²) in [4.78, 5) is 20.9. The fourth-order valence-electron chi connectivity index (χ4n) is 4.07. The van der Waals surface area contributed by atoms with Crippen molar-refractivity contribution in [3.63, 3.8) is 0 Å². The molecule has 2 aliphatic heterocycles. The van der Waals surface area contributed by atoms with Gasteiger partial charge >= 0.3 is 6.09 Å². The van der Waals surface area contributed by atoms with E-state index >= 15 is 0 Å². The van der Waals surface area contributed by atoms with Crippen molar-refractivity contribution in [2.75, 3.05) is 44.3 Å². The van der Waals surface area contributed by atoms with Gasteiger partial charge in [-0.2, -0.15) is 10.4 Å². The van der Waals surface area contributed by atoms with Crippen molar-refractivity contribution in [2.24, 2.45) is 7.05 Å². The van der Waals surface area contributed by atoms with Crippen LogP contribution in [-0.4, -0.2) is 71.3 Å². The lowest BCUT2D eigenvalue weighted by Gasteiger charge is -2.37. The van der Waals surface area contributed by atoms with Crippen LogP contribution in [0.2, 0.25) is 0 Å². The molecule has 0 radical (unpaired) electrons. The molecule has 9 heteroatoms. The summed E-state index contributed by atoms with van der Waals surface area (Å²) in [6, 6.07) is 4.24. The summed E-state index contributed by atoms with van der Waals surface area (Å²) in [5.74, 6) is 0. The second-order valence-corrected chi connectivity index (χ2v) is 7.73. The van der Waals surface area contributed by atoms with Gasteiger partial charge in [0.05, 0.1) is 24.5 Å². The van der Waals surface area contributed by atoms with Crippen molar-refractivity contribution in [3.8, 4) is 6.07 Å². The maximum Gasteiger partial charge on any atom is 0.410 e. The van der Waals surface area contributed by atoms with Crippen molar-refractivity contribution in [1.82, 2.24) is 19.7 Å². The maximum atomic E-state index is 12.3. The number of carbonyl (C=O) groups is 1. The van der Waals surface area contributed by atoms with Crippen LogP contribution >= 0.6 is 0 Å². The Morgan fingerprint density at radius 2 is 2.10 bits per heavy atom. The van der Waals surface area contributed by atoms with E-state index in [0.29, 0.717) is 38.3 Å². The summed E-state index contributed by atoms with van der Waals surface area (Å²) in [5.41, 5.74) is 5.46. The quantitative estimate of drug-likeness (QED) is 0.761. The molecule has 3 aliphatic rings. The predicted octanol–water partition coefficient (Wildman–Crippen LogP) is 1.44. The Morgan fingerprint density at radius 3 is 2.80 bits per heavy atom. The first kappa shape index (κ1) is 18.6. The topological polar surface area (TPSA) is 96.5 Å². The van der Waals surface area contributed by atoms with Gasteiger partial charge in [-0.25, -0.2) is 4.79 Å². The van der Waals surface area contributed by atoms with Crippen LogP contribution in [0.15, 0.2) is 18.5 Å². The fourth-order valence-corrected chi connectivity index (χ4v) is 4.07. The smallest absolute Gasteiger partial charge is 0.410 e. The zero-order valence-corrected chi connectivity index (χ0v) is 16.7. The third kappa shape index (κ3) is 3.29. The number of ether oxygens (including phenoxy) is 2. The van der Waals surface area contributed by atoms with Crippen LogP contribution in [0.5, 0.6) is 0 Å². The lowest BCUT2D eigenvalue weighted by atomic mass is 10.1. The van der Waals surface area contributed by atoms with Gasteiger partial charge in [0.25, 0.3) is 0 Å². The maximum absolute atomic E-state index is 12.3. The molecule has 2 fully saturated rings. The van der Waals surface area contributed by atoms with E-state index in [2.05, 4.69) is 27.1 Å². The summed E-state index contributed by atoms with van der Waals surface area (Å²) < 4.78 is 12.1. The average molecular weight is 406 g/mol. The number of fused-ring (bicyclic) bond motifs is 1. The van der Waals surface area contributed by atoms with E-state index in [1.165, 1.54) is 0 Å². The molecule has 0 unspecified atom stereocenters. The minimum absolute atomic E-state index is 0.104. The van der Waals surface area contributed by atoms with Gasteiger partial charge in [-0.1, -0.05) is 0 Å². The molecule has 2 aromatic heterocycles. The first-order valence-corrected chi connectivity index (χ1v) is 10.0. The van der Waals surface area contributed by atoms with Crippen LogP contribution < -0.4 is 4.90 Å². The molecule has 2 aromatic rings. The van der Waals surface area contributed by atoms with Crippen molar-refractivity contribution in [1.29, 1.82) is 5.26 Å². The number of rotatable bonds is 3. The first-order valence-electron chi connectivity index (χ1n) is 10.0. The zero-order valence-electron chi connectivity index (χ0n) is 16.7. The van der Waals surface area contributed by atoms with Gasteiger partial charge in [-0.15, -0.1) is 0 Å². The van der Waals surface area contributed by atoms with E-state index in [1.54, 1.807) is 15.8 Å². The summed E-state index contributed by atoms with van der Waals surface area (Å²) in [5, 5.41) is 13.9. The molecule has 0 aromatic carbocycles. The summed E-state index contributed by atoms with van der Waals surface area (Å²) in [6.07, 6.45) is 5.95. The van der Waals surface area contributed by atoms with Crippen LogP contribution in [0.25, 0.3) is 11.6 Å². The van der Waals surface area contributed by atoms with Gasteiger partial charge in [0.2, 0.25) is 0 Å². The lowest BCUT2D eigenvalue weighted by Crippen LogP contribution is -2.51. The minimum atomic E-state index is -0.260. The van der Waals surface area contributed by atoms with Crippen LogP contribution in [0.3, 0.4) is 0 Å². The number of amides is 1. The van der Waals surface area contributed by atoms with Gasteiger partial charge < -0.3 is 19.3 Å². The molecule has 0 atom stereocenters. The SMILES string of the molecule is Cn1cc(C#N)c(C2=Cc3c(N4CCN(C(=O)OC5COC5)CC4)ccnc3C2)n1. The number of hydrogen-bond donors (Lipinski definition) is 0. The monoisotopic (exact) mass is 406 g/mol. The molecule has 0 bridgehead atoms. The molecule has 0 spiro atoms. The Kier molecular flexibility index (Phi) is 4.64. The van der Waals surface area contributed by atoms with Crippen molar-refractivity contribution in [3.05, 3.63) is 41.0 Å². The number of nitrogens with zero attached hydrogens (tertiary/aromatic N) is 6. The number of nitriles is 1. The standard InChI is InChI=1S/C21H22N6O3/c1-25-11-15(10-22)20(24-25)14-8-17-18(9-14)23-3-2-19(17)26-4-6-27(7-5-26)21(28)30-16-12-29-13-16/h2-3,8,11,16H,4-7,9,12-13H2,1H3. The Bertz CT molecular complexity index is 1060. The lowest BCUT2D eigenvalue weighted by molar-refractivity contribution is -0.104. The molecule has 9 nitrogen and oxygen atoms in total. The number of pyridine rings is 1. The Labute approximate surface area is 174 Å². The molecule has 2 saturated heterocycles. The molecule has 5 rings (SSSR count). The number of hydrogen-bond acceptors (Lipinski definition) is 7. The van der Waals surface area contributed by atoms with Gasteiger partial charge in [0, 0.05) is 63.3 Å². The first-order chi connectivity index (χ1) is 14.6. The van der Waals surface area contributed by atoms with Crippen LogP contribution in [-0.2, 0) is 22.9 Å². The number of anilines is 1. The highest BCUT2D eigenvalue weighted by Gasteiger charge is 2.30. The largest absolute Gasteiger partial charge is 0.441 e. The molecule has 1 amide bonds. The molecule has 154 valence electrons. The van der Waals surface area contributed by atoms with Crippen LogP contribution in [0.1, 0.15) is 22.5 Å². The Morgan fingerprint density at radius 1 is 1.30 bits per heavy atom. The second kappa shape index (κ2) is 7.46. The minimum Gasteiger partial charge on any atom is -0.441 e. The van der Waals surface area contributed by atoms with E-state index < -0.39 is 0 Å². The molecule has 0 saturated carbocycles. The Balaban J connectivity index is 1.32. The van der Waals surface area contributed by atoms with E-state index in [-0.39, 0.29) is 12.2 Å². The average Bonchev–Trinajstić information content (AvgIpc) is 3.33. The van der Waals surface area contributed by atoms with Gasteiger partial charge in [-0.05, 0) is 17.7 Å². The number of aromatic nitrogens is 3. The molecule has 30 heavy (non-hydrogen) atoms. The second-order valence-electron chi connectivity index (χ2n) is 7.73. The van der Waals surface area contributed by atoms with Crippen molar-refractivity contribution in [2.45, 2.75) is 12.5 Å².